The molecule has 0 saturated heterocycles. The Balaban J connectivity index is 1.69. The molecule has 1 atom stereocenters. The van der Waals surface area contributed by atoms with Gasteiger partial charge in [0, 0.05) is 13.1 Å². The van der Waals surface area contributed by atoms with Crippen molar-refractivity contribution in [2.75, 3.05) is 26.2 Å². The van der Waals surface area contributed by atoms with E-state index in [-0.39, 0.29) is 18.4 Å². The molecule has 0 bridgehead atoms. The number of rotatable bonds is 12. The molecule has 1 aromatic heterocycles. The van der Waals surface area contributed by atoms with Crippen molar-refractivity contribution in [3.8, 4) is 0 Å². The van der Waals surface area contributed by atoms with Gasteiger partial charge in [0.15, 0.2) is 0 Å². The van der Waals surface area contributed by atoms with Crippen LogP contribution in [0.3, 0.4) is 0 Å². The maximum atomic E-state index is 13.4. The summed E-state index contributed by atoms with van der Waals surface area (Å²) in [5.41, 5.74) is 1.19. The van der Waals surface area contributed by atoms with Crippen molar-refractivity contribution in [1.29, 1.82) is 0 Å². The van der Waals surface area contributed by atoms with Gasteiger partial charge in [-0.1, -0.05) is 30.3 Å². The first-order valence-corrected chi connectivity index (χ1v) is 11.2. The summed E-state index contributed by atoms with van der Waals surface area (Å²) >= 11 is 0. The van der Waals surface area contributed by atoms with Crippen molar-refractivity contribution in [3.63, 3.8) is 0 Å². The third-order valence-corrected chi connectivity index (χ3v) is 5.71. The first kappa shape index (κ1) is 23.1. The van der Waals surface area contributed by atoms with Crippen LogP contribution in [0.5, 0.6) is 0 Å². The second-order valence-electron chi connectivity index (χ2n) is 8.36. The smallest absolute Gasteiger partial charge is 0.323 e. The van der Waals surface area contributed by atoms with Gasteiger partial charge in [0.2, 0.25) is 5.91 Å². The Labute approximate surface area is 185 Å². The van der Waals surface area contributed by atoms with Crippen molar-refractivity contribution >= 4 is 11.9 Å². The number of benzene rings is 1. The Kier molecular flexibility index (Phi) is 8.29. The van der Waals surface area contributed by atoms with E-state index in [9.17, 15) is 9.59 Å². The van der Waals surface area contributed by atoms with Crippen molar-refractivity contribution in [2.45, 2.75) is 52.6 Å². The van der Waals surface area contributed by atoms with Gasteiger partial charge in [0.1, 0.15) is 17.6 Å². The van der Waals surface area contributed by atoms with Crippen LogP contribution >= 0.6 is 0 Å². The van der Waals surface area contributed by atoms with Gasteiger partial charge in [-0.15, -0.1) is 0 Å². The number of furan rings is 1. The summed E-state index contributed by atoms with van der Waals surface area (Å²) < 4.78 is 10.9. The zero-order valence-electron chi connectivity index (χ0n) is 18.9. The second kappa shape index (κ2) is 11.1. The summed E-state index contributed by atoms with van der Waals surface area (Å²) in [7, 11) is 0. The molecule has 1 amide bonds. The SMILES string of the molecule is CCOC(=O)[C@H](C)N(CC(=O)N(CCc1ccccc1)Cc1ccc(C)o1)CC1CC1. The Morgan fingerprint density at radius 1 is 1.16 bits per heavy atom. The number of hydrogen-bond donors (Lipinski definition) is 0. The monoisotopic (exact) mass is 426 g/mol. The molecule has 1 aromatic carbocycles. The van der Waals surface area contributed by atoms with Crippen molar-refractivity contribution in [2.24, 2.45) is 5.92 Å². The molecule has 0 N–H and O–H groups in total. The van der Waals surface area contributed by atoms with Crippen LogP contribution in [0.15, 0.2) is 46.9 Å². The average Bonchev–Trinajstić information content (AvgIpc) is 3.49. The van der Waals surface area contributed by atoms with E-state index in [0.29, 0.717) is 25.6 Å². The van der Waals surface area contributed by atoms with Crippen molar-refractivity contribution in [3.05, 3.63) is 59.5 Å². The van der Waals surface area contributed by atoms with Crippen molar-refractivity contribution in [1.82, 2.24) is 9.80 Å². The molecule has 1 saturated carbocycles. The summed E-state index contributed by atoms with van der Waals surface area (Å²) in [5.74, 6) is 1.90. The molecular formula is C25H34N2O4. The van der Waals surface area contributed by atoms with E-state index in [1.165, 1.54) is 5.56 Å². The fraction of sp³-hybridized carbons (Fsp3) is 0.520. The van der Waals surface area contributed by atoms with Gasteiger partial charge in [-0.3, -0.25) is 14.5 Å². The third kappa shape index (κ3) is 7.24. The Morgan fingerprint density at radius 2 is 1.90 bits per heavy atom. The highest BCUT2D eigenvalue weighted by Gasteiger charge is 2.32. The molecule has 0 aliphatic heterocycles. The van der Waals surface area contributed by atoms with Crippen LogP contribution in [0, 0.1) is 12.8 Å². The number of nitrogens with zero attached hydrogens (tertiary/aromatic N) is 2. The number of aryl methyl sites for hydroxylation is 1. The number of amides is 1. The molecule has 2 aromatic rings. The van der Waals surface area contributed by atoms with Crippen LogP contribution in [0.4, 0.5) is 0 Å². The van der Waals surface area contributed by atoms with Crippen molar-refractivity contribution < 1.29 is 18.7 Å². The minimum Gasteiger partial charge on any atom is -0.465 e. The zero-order chi connectivity index (χ0) is 22.2. The first-order valence-electron chi connectivity index (χ1n) is 11.2. The largest absolute Gasteiger partial charge is 0.465 e. The lowest BCUT2D eigenvalue weighted by Gasteiger charge is -2.30. The van der Waals surface area contributed by atoms with Crippen LogP contribution in [0.25, 0.3) is 0 Å². The zero-order valence-corrected chi connectivity index (χ0v) is 18.9. The topological polar surface area (TPSA) is 63.0 Å². The average molecular weight is 427 g/mol. The van der Waals surface area contributed by atoms with E-state index in [1.54, 1.807) is 6.92 Å². The van der Waals surface area contributed by atoms with Gasteiger partial charge in [-0.2, -0.15) is 0 Å². The Bertz CT molecular complexity index is 844. The molecule has 0 spiro atoms. The van der Waals surface area contributed by atoms with E-state index < -0.39 is 6.04 Å². The molecule has 6 heteroatoms. The molecule has 3 rings (SSSR count). The van der Waals surface area contributed by atoms with Crippen LogP contribution in [-0.2, 0) is 27.3 Å². The van der Waals surface area contributed by atoms with Gasteiger partial charge < -0.3 is 14.1 Å². The van der Waals surface area contributed by atoms with Crippen LogP contribution < -0.4 is 0 Å². The number of carbonyl (C=O) groups excluding carboxylic acids is 2. The van der Waals surface area contributed by atoms with Gasteiger partial charge in [0.25, 0.3) is 0 Å². The normalized spacial score (nSPS) is 14.5. The fourth-order valence-electron chi connectivity index (χ4n) is 3.64. The highest BCUT2D eigenvalue weighted by Crippen LogP contribution is 2.30. The lowest BCUT2D eigenvalue weighted by molar-refractivity contribution is -0.150. The Hall–Kier alpha value is -2.60. The van der Waals surface area contributed by atoms with Crippen LogP contribution in [0.1, 0.15) is 43.8 Å². The minimum absolute atomic E-state index is 0.00165. The third-order valence-electron chi connectivity index (χ3n) is 5.71. The highest BCUT2D eigenvalue weighted by molar-refractivity contribution is 5.80. The standard InChI is InChI=1S/C25H34N2O4/c1-4-30-25(29)20(3)27(16-22-11-12-22)18-24(28)26(17-23-13-10-19(2)31-23)15-14-21-8-6-5-7-9-21/h5-10,13,20,22H,4,11-12,14-18H2,1-3H3/t20-/m0/s1. The molecule has 6 nitrogen and oxygen atoms in total. The number of hydrogen-bond acceptors (Lipinski definition) is 5. The summed E-state index contributed by atoms with van der Waals surface area (Å²) in [6.07, 6.45) is 3.08. The maximum absolute atomic E-state index is 13.4. The molecule has 1 heterocycles. The fourth-order valence-corrected chi connectivity index (χ4v) is 3.64. The molecular weight excluding hydrogens is 392 g/mol. The number of carbonyl (C=O) groups is 2. The lowest BCUT2D eigenvalue weighted by atomic mass is 10.1. The lowest BCUT2D eigenvalue weighted by Crippen LogP contribution is -2.48. The summed E-state index contributed by atoms with van der Waals surface area (Å²) in [4.78, 5) is 29.5. The number of esters is 1. The van der Waals surface area contributed by atoms with Gasteiger partial charge in [-0.05, 0) is 63.6 Å². The Morgan fingerprint density at radius 3 is 2.52 bits per heavy atom. The van der Waals surface area contributed by atoms with Crippen LogP contribution in [-0.4, -0.2) is 54.0 Å². The van der Waals surface area contributed by atoms with E-state index in [1.807, 2.05) is 54.0 Å². The molecule has 1 aliphatic rings. The molecule has 168 valence electrons. The highest BCUT2D eigenvalue weighted by atomic mass is 16.5. The molecule has 1 aliphatic carbocycles. The van der Waals surface area contributed by atoms with Crippen LogP contribution in [0.2, 0.25) is 0 Å². The molecule has 1 fully saturated rings. The maximum Gasteiger partial charge on any atom is 0.323 e. The molecule has 0 radical (unpaired) electrons. The van der Waals surface area contributed by atoms with E-state index in [2.05, 4.69) is 12.1 Å². The minimum atomic E-state index is -0.439. The van der Waals surface area contributed by atoms with Gasteiger partial charge in [0.05, 0.1) is 19.7 Å². The second-order valence-corrected chi connectivity index (χ2v) is 8.36. The summed E-state index contributed by atoms with van der Waals surface area (Å²) in [6.45, 7) is 7.84. The van der Waals surface area contributed by atoms with E-state index in [4.69, 9.17) is 9.15 Å². The predicted octanol–water partition coefficient (Wildman–Crippen LogP) is 3.82. The predicted molar refractivity (Wildman–Crippen MR) is 119 cm³/mol. The first-order chi connectivity index (χ1) is 15.0. The summed E-state index contributed by atoms with van der Waals surface area (Å²) in [5, 5.41) is 0. The molecule has 0 unspecified atom stereocenters. The van der Waals surface area contributed by atoms with E-state index >= 15 is 0 Å². The van der Waals surface area contributed by atoms with E-state index in [0.717, 1.165) is 37.3 Å². The van der Waals surface area contributed by atoms with Gasteiger partial charge in [-0.25, -0.2) is 0 Å². The molecule has 31 heavy (non-hydrogen) atoms. The quantitative estimate of drug-likeness (QED) is 0.483. The number of ether oxygens (including phenoxy) is 1. The summed E-state index contributed by atoms with van der Waals surface area (Å²) in [6, 6.07) is 13.5. The van der Waals surface area contributed by atoms with Gasteiger partial charge >= 0.3 is 5.97 Å².